The van der Waals surface area contributed by atoms with Gasteiger partial charge in [0, 0.05) is 22.8 Å². The van der Waals surface area contributed by atoms with Crippen LogP contribution in [0.1, 0.15) is 51.4 Å². The van der Waals surface area contributed by atoms with Crippen molar-refractivity contribution in [1.29, 1.82) is 0 Å². The van der Waals surface area contributed by atoms with E-state index in [1.807, 2.05) is 32.6 Å². The first-order chi connectivity index (χ1) is 11.6. The highest BCUT2D eigenvalue weighted by Crippen LogP contribution is 2.40. The molecule has 1 N–H and O–H groups in total. The molecule has 0 saturated carbocycles. The molecule has 1 aliphatic rings. The highest BCUT2D eigenvalue weighted by Gasteiger charge is 2.52. The van der Waals surface area contributed by atoms with Gasteiger partial charge in [0.25, 0.3) is 0 Å². The van der Waals surface area contributed by atoms with Crippen LogP contribution in [0, 0.1) is 0 Å². The molecular formula is C18H24Cl2N2O3. The number of carbonyl (C=O) groups is 2. The third-order valence-electron chi connectivity index (χ3n) is 4.26. The number of ketones is 1. The SMILES string of the molecule is CCOC(=O)C1(N(C(C)C)C(C)C)CC(=O)c2c(Cl)cc(Cl)cc2N1. The molecule has 0 saturated heterocycles. The normalized spacial score (nSPS) is 20.0. The summed E-state index contributed by atoms with van der Waals surface area (Å²) in [6, 6.07) is 3.15. The molecule has 25 heavy (non-hydrogen) atoms. The minimum absolute atomic E-state index is 0.000845. The molecule has 1 aromatic rings. The van der Waals surface area contributed by atoms with Gasteiger partial charge in [-0.05, 0) is 46.8 Å². The van der Waals surface area contributed by atoms with Gasteiger partial charge in [-0.3, -0.25) is 9.69 Å². The first kappa shape index (κ1) is 20.0. The van der Waals surface area contributed by atoms with Crippen LogP contribution in [0.15, 0.2) is 12.1 Å². The summed E-state index contributed by atoms with van der Waals surface area (Å²) in [6.07, 6.45) is -0.0590. The smallest absolute Gasteiger partial charge is 0.347 e. The molecule has 138 valence electrons. The standard InChI is InChI=1S/C18H24Cl2N2O3/c1-6-25-17(24)18(22(10(2)3)11(4)5)9-15(23)16-13(20)7-12(19)8-14(16)21-18/h7-8,10-11,21H,6,9H2,1-5H3. The topological polar surface area (TPSA) is 58.6 Å². The van der Waals surface area contributed by atoms with Gasteiger partial charge in [0.1, 0.15) is 0 Å². The van der Waals surface area contributed by atoms with Crippen LogP contribution in [0.25, 0.3) is 0 Å². The number of nitrogens with one attached hydrogen (secondary N) is 1. The van der Waals surface area contributed by atoms with Crippen molar-refractivity contribution >= 4 is 40.6 Å². The summed E-state index contributed by atoms with van der Waals surface area (Å²) in [7, 11) is 0. The Labute approximate surface area is 158 Å². The zero-order valence-corrected chi connectivity index (χ0v) is 16.7. The Hall–Kier alpha value is -1.30. The summed E-state index contributed by atoms with van der Waals surface area (Å²) in [5.41, 5.74) is -0.484. The molecule has 0 spiro atoms. The predicted molar refractivity (Wildman–Crippen MR) is 101 cm³/mol. The summed E-state index contributed by atoms with van der Waals surface area (Å²) in [5, 5.41) is 3.90. The molecule has 0 aliphatic carbocycles. The third kappa shape index (κ3) is 3.64. The minimum Gasteiger partial charge on any atom is -0.463 e. The molecule has 0 aromatic heterocycles. The van der Waals surface area contributed by atoms with Gasteiger partial charge < -0.3 is 10.1 Å². The molecule has 0 bridgehead atoms. The van der Waals surface area contributed by atoms with Crippen molar-refractivity contribution in [3.8, 4) is 0 Å². The lowest BCUT2D eigenvalue weighted by Crippen LogP contribution is -2.67. The van der Waals surface area contributed by atoms with E-state index in [9.17, 15) is 9.59 Å². The largest absolute Gasteiger partial charge is 0.463 e. The number of nitrogens with zero attached hydrogens (tertiary/aromatic N) is 1. The van der Waals surface area contributed by atoms with E-state index in [0.717, 1.165) is 0 Å². The Kier molecular flexibility index (Phi) is 6.02. The number of Topliss-reactive ketones (excluding diaryl/α,β-unsaturated/α-hetero) is 1. The first-order valence-corrected chi connectivity index (χ1v) is 9.15. The lowest BCUT2D eigenvalue weighted by molar-refractivity contribution is -0.159. The second-order valence-electron chi connectivity index (χ2n) is 6.71. The molecule has 0 amide bonds. The average molecular weight is 387 g/mol. The van der Waals surface area contributed by atoms with Gasteiger partial charge in [0.15, 0.2) is 11.4 Å². The summed E-state index contributed by atoms with van der Waals surface area (Å²) in [4.78, 5) is 27.8. The molecule has 1 unspecified atom stereocenters. The van der Waals surface area contributed by atoms with E-state index in [-0.39, 0.29) is 35.9 Å². The van der Waals surface area contributed by atoms with E-state index in [2.05, 4.69) is 5.32 Å². The van der Waals surface area contributed by atoms with Crippen molar-refractivity contribution in [2.24, 2.45) is 0 Å². The lowest BCUT2D eigenvalue weighted by Gasteiger charge is -2.48. The summed E-state index contributed by atoms with van der Waals surface area (Å²) >= 11 is 12.3. The zero-order valence-electron chi connectivity index (χ0n) is 15.2. The average Bonchev–Trinajstić information content (AvgIpc) is 2.45. The Morgan fingerprint density at radius 2 is 1.88 bits per heavy atom. The van der Waals surface area contributed by atoms with Gasteiger partial charge >= 0.3 is 5.97 Å². The first-order valence-electron chi connectivity index (χ1n) is 8.40. The van der Waals surface area contributed by atoms with Crippen molar-refractivity contribution in [2.45, 2.75) is 58.8 Å². The van der Waals surface area contributed by atoms with Gasteiger partial charge in [-0.25, -0.2) is 4.79 Å². The number of anilines is 1. The van der Waals surface area contributed by atoms with Crippen LogP contribution in [-0.2, 0) is 9.53 Å². The van der Waals surface area contributed by atoms with E-state index >= 15 is 0 Å². The Morgan fingerprint density at radius 3 is 2.40 bits per heavy atom. The van der Waals surface area contributed by atoms with Crippen molar-refractivity contribution in [3.63, 3.8) is 0 Å². The number of ether oxygens (including phenoxy) is 1. The van der Waals surface area contributed by atoms with E-state index in [4.69, 9.17) is 27.9 Å². The lowest BCUT2D eigenvalue weighted by atomic mass is 9.88. The van der Waals surface area contributed by atoms with Crippen LogP contribution in [0.5, 0.6) is 0 Å². The minimum atomic E-state index is -1.30. The van der Waals surface area contributed by atoms with Crippen LogP contribution < -0.4 is 5.32 Å². The Bertz CT molecular complexity index is 683. The molecule has 5 nitrogen and oxygen atoms in total. The van der Waals surface area contributed by atoms with Crippen molar-refractivity contribution < 1.29 is 14.3 Å². The maximum atomic E-state index is 13.0. The monoisotopic (exact) mass is 386 g/mol. The van der Waals surface area contributed by atoms with Gasteiger partial charge in [-0.1, -0.05) is 23.2 Å². The van der Waals surface area contributed by atoms with Crippen LogP contribution >= 0.6 is 23.2 Å². The van der Waals surface area contributed by atoms with E-state index in [0.29, 0.717) is 16.3 Å². The maximum Gasteiger partial charge on any atom is 0.347 e. The van der Waals surface area contributed by atoms with E-state index in [1.54, 1.807) is 13.0 Å². The Balaban J connectivity index is 2.65. The highest BCUT2D eigenvalue weighted by atomic mass is 35.5. The van der Waals surface area contributed by atoms with Crippen LogP contribution in [0.4, 0.5) is 5.69 Å². The Morgan fingerprint density at radius 1 is 1.28 bits per heavy atom. The fourth-order valence-electron chi connectivity index (χ4n) is 3.66. The van der Waals surface area contributed by atoms with Gasteiger partial charge in [-0.2, -0.15) is 0 Å². The number of fused-ring (bicyclic) bond motifs is 1. The van der Waals surface area contributed by atoms with Crippen LogP contribution in [0.2, 0.25) is 10.0 Å². The predicted octanol–water partition coefficient (Wildman–Crippen LogP) is 4.37. The highest BCUT2D eigenvalue weighted by molar-refractivity contribution is 6.38. The third-order valence-corrected chi connectivity index (χ3v) is 4.77. The fraction of sp³-hybridized carbons (Fsp3) is 0.556. The number of benzene rings is 1. The molecule has 1 aromatic carbocycles. The van der Waals surface area contributed by atoms with Crippen LogP contribution in [0.3, 0.4) is 0 Å². The number of rotatable bonds is 5. The second kappa shape index (κ2) is 7.52. The number of carbonyl (C=O) groups excluding carboxylic acids is 2. The zero-order chi connectivity index (χ0) is 18.9. The van der Waals surface area contributed by atoms with Crippen molar-refractivity contribution in [2.75, 3.05) is 11.9 Å². The van der Waals surface area contributed by atoms with Crippen LogP contribution in [-0.4, -0.2) is 41.0 Å². The molecule has 7 heteroatoms. The van der Waals surface area contributed by atoms with E-state index in [1.165, 1.54) is 6.07 Å². The van der Waals surface area contributed by atoms with Crippen molar-refractivity contribution in [3.05, 3.63) is 27.7 Å². The van der Waals surface area contributed by atoms with Gasteiger partial charge in [0.2, 0.25) is 0 Å². The molecule has 1 heterocycles. The molecule has 1 atom stereocenters. The molecular weight excluding hydrogens is 363 g/mol. The molecule has 2 rings (SSSR count). The fourth-order valence-corrected chi connectivity index (χ4v) is 4.25. The summed E-state index contributed by atoms with van der Waals surface area (Å²) < 4.78 is 5.33. The number of halogens is 2. The molecule has 0 radical (unpaired) electrons. The van der Waals surface area contributed by atoms with Gasteiger partial charge in [0.05, 0.1) is 23.6 Å². The number of hydrogen-bond donors (Lipinski definition) is 1. The maximum absolute atomic E-state index is 13.0. The van der Waals surface area contributed by atoms with E-state index < -0.39 is 11.6 Å². The molecule has 1 aliphatic heterocycles. The summed E-state index contributed by atoms with van der Waals surface area (Å²) in [5.74, 6) is -0.692. The molecule has 0 fully saturated rings. The van der Waals surface area contributed by atoms with Crippen molar-refractivity contribution in [1.82, 2.24) is 4.90 Å². The quantitative estimate of drug-likeness (QED) is 0.761. The second-order valence-corrected chi connectivity index (χ2v) is 7.55. The van der Waals surface area contributed by atoms with Gasteiger partial charge in [-0.15, -0.1) is 0 Å². The number of hydrogen-bond acceptors (Lipinski definition) is 5. The summed E-state index contributed by atoms with van der Waals surface area (Å²) in [6.45, 7) is 9.89. The number of esters is 1.